The molecule has 1 amide bonds. The zero-order chi connectivity index (χ0) is 25.9. The molecular formula is C29H31N3O3S2. The molecular weight excluding hydrogens is 502 g/mol. The Morgan fingerprint density at radius 2 is 2.03 bits per heavy atom. The van der Waals surface area contributed by atoms with Gasteiger partial charge in [-0.25, -0.2) is 4.98 Å². The topological polar surface area (TPSA) is 73.2 Å². The summed E-state index contributed by atoms with van der Waals surface area (Å²) in [5.74, 6) is 0.470. The molecule has 5 rings (SSSR count). The maximum Gasteiger partial charge on any atom is 0.267 e. The van der Waals surface area contributed by atoms with Gasteiger partial charge < -0.3 is 10.1 Å². The van der Waals surface area contributed by atoms with Crippen LogP contribution in [-0.2, 0) is 29.0 Å². The summed E-state index contributed by atoms with van der Waals surface area (Å²) in [6.07, 6.45) is 1.58. The molecule has 6 nitrogen and oxygen atoms in total. The number of nitrogens with zero attached hydrogens (tertiary/aromatic N) is 2. The first-order valence-corrected chi connectivity index (χ1v) is 14.4. The number of hydrogen-bond donors (Lipinski definition) is 1. The largest absolute Gasteiger partial charge is 0.372 e. The fraction of sp³-hybridized carbons (Fsp3) is 0.345. The van der Waals surface area contributed by atoms with Gasteiger partial charge in [-0.2, -0.15) is 0 Å². The molecule has 192 valence electrons. The second kappa shape index (κ2) is 11.2. The van der Waals surface area contributed by atoms with Crippen LogP contribution in [0.2, 0.25) is 0 Å². The van der Waals surface area contributed by atoms with E-state index in [2.05, 4.69) is 31.3 Å². The van der Waals surface area contributed by atoms with Crippen LogP contribution in [0.25, 0.3) is 15.9 Å². The molecule has 0 spiro atoms. The number of nitrogens with one attached hydrogen (secondary N) is 1. The minimum Gasteiger partial charge on any atom is -0.372 e. The van der Waals surface area contributed by atoms with Crippen molar-refractivity contribution in [3.05, 3.63) is 86.5 Å². The standard InChI is InChI=1S/C29H31N3O3S2/c1-18(2)23-15-22-24(16-35-23)37-27-26(22)28(34)32(21-11-7-8-19(3)14-21)29(31-27)36-17-25(33)30-13-12-20-9-5-4-6-10-20/h4-11,14,18,23H,12-13,15-17H2,1-3H3,(H,30,33). The quantitative estimate of drug-likeness (QED) is 0.246. The highest BCUT2D eigenvalue weighted by Gasteiger charge is 2.29. The van der Waals surface area contributed by atoms with E-state index in [1.165, 1.54) is 28.7 Å². The first-order chi connectivity index (χ1) is 17.9. The number of carbonyl (C=O) groups excluding carboxylic acids is 1. The van der Waals surface area contributed by atoms with E-state index in [4.69, 9.17) is 9.72 Å². The summed E-state index contributed by atoms with van der Waals surface area (Å²) in [6, 6.07) is 17.9. The van der Waals surface area contributed by atoms with Gasteiger partial charge >= 0.3 is 0 Å². The van der Waals surface area contributed by atoms with E-state index in [-0.39, 0.29) is 23.3 Å². The summed E-state index contributed by atoms with van der Waals surface area (Å²) < 4.78 is 7.73. The molecule has 1 atom stereocenters. The fourth-order valence-electron chi connectivity index (χ4n) is 4.60. The fourth-order valence-corrected chi connectivity index (χ4v) is 6.61. The molecule has 2 aromatic carbocycles. The molecule has 0 fully saturated rings. The second-order valence-electron chi connectivity index (χ2n) is 9.73. The van der Waals surface area contributed by atoms with E-state index >= 15 is 0 Å². The van der Waals surface area contributed by atoms with Crippen molar-refractivity contribution in [2.45, 2.75) is 51.5 Å². The lowest BCUT2D eigenvalue weighted by molar-refractivity contribution is -0.118. The zero-order valence-electron chi connectivity index (χ0n) is 21.3. The van der Waals surface area contributed by atoms with Crippen molar-refractivity contribution < 1.29 is 9.53 Å². The molecule has 1 unspecified atom stereocenters. The van der Waals surface area contributed by atoms with Crippen LogP contribution >= 0.6 is 23.1 Å². The summed E-state index contributed by atoms with van der Waals surface area (Å²) in [4.78, 5) is 33.4. The van der Waals surface area contributed by atoms with Crippen LogP contribution < -0.4 is 10.9 Å². The highest BCUT2D eigenvalue weighted by Crippen LogP contribution is 2.36. The third-order valence-electron chi connectivity index (χ3n) is 6.63. The number of ether oxygens (including phenoxy) is 1. The van der Waals surface area contributed by atoms with E-state index in [0.29, 0.717) is 36.0 Å². The van der Waals surface area contributed by atoms with E-state index in [1.54, 1.807) is 4.57 Å². The van der Waals surface area contributed by atoms with Crippen LogP contribution in [0.5, 0.6) is 0 Å². The van der Waals surface area contributed by atoms with Crippen LogP contribution in [-0.4, -0.2) is 33.9 Å². The van der Waals surface area contributed by atoms with Gasteiger partial charge in [-0.05, 0) is 48.1 Å². The van der Waals surface area contributed by atoms with Crippen LogP contribution in [0.3, 0.4) is 0 Å². The Hall–Kier alpha value is -2.94. The number of fused-ring (bicyclic) bond motifs is 3. The lowest BCUT2D eigenvalue weighted by Crippen LogP contribution is -2.29. The Labute approximate surface area is 225 Å². The van der Waals surface area contributed by atoms with Gasteiger partial charge in [-0.3, -0.25) is 14.2 Å². The third kappa shape index (κ3) is 5.66. The monoisotopic (exact) mass is 533 g/mol. The Morgan fingerprint density at radius 3 is 2.78 bits per heavy atom. The van der Waals surface area contributed by atoms with Crippen molar-refractivity contribution >= 4 is 39.2 Å². The predicted molar refractivity (Wildman–Crippen MR) is 151 cm³/mol. The summed E-state index contributed by atoms with van der Waals surface area (Å²) in [7, 11) is 0. The van der Waals surface area contributed by atoms with Gasteiger partial charge in [0.05, 0.1) is 29.5 Å². The second-order valence-corrected chi connectivity index (χ2v) is 11.8. The molecule has 0 aliphatic carbocycles. The molecule has 2 aromatic heterocycles. The average Bonchev–Trinajstić information content (AvgIpc) is 3.26. The maximum atomic E-state index is 14.0. The van der Waals surface area contributed by atoms with Crippen molar-refractivity contribution in [1.82, 2.24) is 14.9 Å². The molecule has 0 saturated heterocycles. The van der Waals surface area contributed by atoms with E-state index in [9.17, 15) is 9.59 Å². The van der Waals surface area contributed by atoms with Gasteiger partial charge in [0.2, 0.25) is 5.91 Å². The number of aryl methyl sites for hydroxylation is 1. The average molecular weight is 534 g/mol. The van der Waals surface area contributed by atoms with Gasteiger partial charge in [0.25, 0.3) is 5.56 Å². The SMILES string of the molecule is Cc1cccc(-n2c(SCC(=O)NCCc3ccccc3)nc3sc4c(c3c2=O)CC(C(C)C)OC4)c1. The Balaban J connectivity index is 1.44. The van der Waals surface area contributed by atoms with Crippen molar-refractivity contribution in [1.29, 1.82) is 0 Å². The molecule has 1 N–H and O–H groups in total. The van der Waals surface area contributed by atoms with Crippen molar-refractivity contribution in [3.63, 3.8) is 0 Å². The molecule has 4 aromatic rings. The maximum absolute atomic E-state index is 14.0. The third-order valence-corrected chi connectivity index (χ3v) is 8.66. The van der Waals surface area contributed by atoms with Gasteiger partial charge in [-0.15, -0.1) is 11.3 Å². The van der Waals surface area contributed by atoms with E-state index in [0.717, 1.165) is 32.9 Å². The van der Waals surface area contributed by atoms with Crippen molar-refractivity contribution in [2.24, 2.45) is 5.92 Å². The molecule has 1 aliphatic rings. The van der Waals surface area contributed by atoms with Gasteiger partial charge in [-0.1, -0.05) is 68.1 Å². The molecule has 0 saturated carbocycles. The molecule has 8 heteroatoms. The molecule has 1 aliphatic heterocycles. The Bertz CT molecular complexity index is 1480. The van der Waals surface area contributed by atoms with Crippen LogP contribution in [0.15, 0.2) is 64.5 Å². The number of thiophene rings is 1. The first-order valence-electron chi connectivity index (χ1n) is 12.6. The number of amides is 1. The van der Waals surface area contributed by atoms with E-state index < -0.39 is 0 Å². The summed E-state index contributed by atoms with van der Waals surface area (Å²) in [5, 5.41) is 4.20. The highest BCUT2D eigenvalue weighted by atomic mass is 32.2. The summed E-state index contributed by atoms with van der Waals surface area (Å²) >= 11 is 2.83. The van der Waals surface area contributed by atoms with Crippen molar-refractivity contribution in [3.8, 4) is 5.69 Å². The van der Waals surface area contributed by atoms with Crippen LogP contribution in [0, 0.1) is 12.8 Å². The van der Waals surface area contributed by atoms with Crippen LogP contribution in [0.4, 0.5) is 0 Å². The number of thioether (sulfide) groups is 1. The zero-order valence-corrected chi connectivity index (χ0v) is 23.0. The van der Waals surface area contributed by atoms with Gasteiger partial charge in [0, 0.05) is 17.8 Å². The van der Waals surface area contributed by atoms with Crippen molar-refractivity contribution in [2.75, 3.05) is 12.3 Å². The molecule has 37 heavy (non-hydrogen) atoms. The van der Waals surface area contributed by atoms with Gasteiger partial charge in [0.15, 0.2) is 5.16 Å². The minimum atomic E-state index is -0.0792. The Kier molecular flexibility index (Phi) is 7.79. The summed E-state index contributed by atoms with van der Waals surface area (Å²) in [6.45, 7) is 7.37. The highest BCUT2D eigenvalue weighted by molar-refractivity contribution is 7.99. The number of hydrogen-bond acceptors (Lipinski definition) is 6. The minimum absolute atomic E-state index is 0.0790. The molecule has 3 heterocycles. The number of aromatic nitrogens is 2. The number of rotatable bonds is 8. The van der Waals surface area contributed by atoms with Crippen LogP contribution in [0.1, 0.15) is 35.4 Å². The molecule has 0 bridgehead atoms. The smallest absolute Gasteiger partial charge is 0.267 e. The number of carbonyl (C=O) groups is 1. The number of benzene rings is 2. The lowest BCUT2D eigenvalue weighted by Gasteiger charge is -2.26. The lowest BCUT2D eigenvalue weighted by atomic mass is 9.96. The van der Waals surface area contributed by atoms with E-state index in [1.807, 2.05) is 49.4 Å². The molecule has 0 radical (unpaired) electrons. The van der Waals surface area contributed by atoms with Gasteiger partial charge in [0.1, 0.15) is 4.83 Å². The first kappa shape index (κ1) is 25.7. The summed E-state index contributed by atoms with van der Waals surface area (Å²) in [5.41, 5.74) is 3.99. The predicted octanol–water partition coefficient (Wildman–Crippen LogP) is 5.30. The Morgan fingerprint density at radius 1 is 1.22 bits per heavy atom. The normalized spacial score (nSPS) is 15.2.